The van der Waals surface area contributed by atoms with Gasteiger partial charge in [0.15, 0.2) is 5.82 Å². The van der Waals surface area contributed by atoms with Crippen molar-refractivity contribution in [3.63, 3.8) is 0 Å². The average molecular weight is 254 g/mol. The number of benzene rings is 1. The van der Waals surface area contributed by atoms with Crippen molar-refractivity contribution < 1.29 is 13.2 Å². The minimum absolute atomic E-state index is 0.0480. The van der Waals surface area contributed by atoms with Gasteiger partial charge in [0.1, 0.15) is 0 Å². The fourth-order valence-electron chi connectivity index (χ4n) is 1.29. The summed E-state index contributed by atoms with van der Waals surface area (Å²) < 4.78 is 37.3. The SMILES string of the molecule is Nc1cnc(C(F)(F)F)nc1Nc1ccccc1. The molecule has 18 heavy (non-hydrogen) atoms. The molecule has 7 heteroatoms. The Kier molecular flexibility index (Phi) is 3.05. The van der Waals surface area contributed by atoms with Crippen molar-refractivity contribution in [2.45, 2.75) is 6.18 Å². The summed E-state index contributed by atoms with van der Waals surface area (Å²) in [5.74, 6) is -1.29. The van der Waals surface area contributed by atoms with Crippen LogP contribution in [0.25, 0.3) is 0 Å². The van der Waals surface area contributed by atoms with Crippen LogP contribution in [0.5, 0.6) is 0 Å². The first-order chi connectivity index (χ1) is 8.47. The van der Waals surface area contributed by atoms with Gasteiger partial charge >= 0.3 is 6.18 Å². The monoisotopic (exact) mass is 254 g/mol. The Labute approximate surface area is 101 Å². The van der Waals surface area contributed by atoms with Crippen LogP contribution in [-0.2, 0) is 6.18 Å². The van der Waals surface area contributed by atoms with Crippen molar-refractivity contribution in [2.24, 2.45) is 0 Å². The number of nitrogens with two attached hydrogens (primary N) is 1. The van der Waals surface area contributed by atoms with E-state index in [1.165, 1.54) is 0 Å². The van der Waals surface area contributed by atoms with Crippen molar-refractivity contribution in [3.05, 3.63) is 42.4 Å². The highest BCUT2D eigenvalue weighted by Crippen LogP contribution is 2.29. The first-order valence-corrected chi connectivity index (χ1v) is 4.98. The molecule has 1 aromatic heterocycles. The van der Waals surface area contributed by atoms with Crippen molar-refractivity contribution in [2.75, 3.05) is 11.1 Å². The summed E-state index contributed by atoms with van der Waals surface area (Å²) in [5.41, 5.74) is 6.17. The molecule has 1 aromatic carbocycles. The lowest BCUT2D eigenvalue weighted by atomic mass is 10.3. The first-order valence-electron chi connectivity index (χ1n) is 4.98. The largest absolute Gasteiger partial charge is 0.451 e. The number of rotatable bonds is 2. The van der Waals surface area contributed by atoms with Crippen molar-refractivity contribution >= 4 is 17.2 Å². The molecule has 0 spiro atoms. The normalized spacial score (nSPS) is 11.3. The van der Waals surface area contributed by atoms with Gasteiger partial charge in [-0.05, 0) is 12.1 Å². The first kappa shape index (κ1) is 12.2. The Balaban J connectivity index is 2.33. The van der Waals surface area contributed by atoms with E-state index in [0.29, 0.717) is 5.69 Å². The number of hydrogen-bond donors (Lipinski definition) is 2. The van der Waals surface area contributed by atoms with Crippen LogP contribution in [0, 0.1) is 0 Å². The standard InChI is InChI=1S/C11H9F3N4/c12-11(13,14)10-16-6-8(15)9(18-10)17-7-4-2-1-3-5-7/h1-6H,15H2,(H,16,17,18). The fraction of sp³-hybridized carbons (Fsp3) is 0.0909. The summed E-state index contributed by atoms with van der Waals surface area (Å²) >= 11 is 0. The predicted molar refractivity (Wildman–Crippen MR) is 61.2 cm³/mol. The predicted octanol–water partition coefficient (Wildman–Crippen LogP) is 2.82. The summed E-state index contributed by atoms with van der Waals surface area (Å²) in [5, 5.41) is 2.71. The maximum Gasteiger partial charge on any atom is 0.451 e. The Morgan fingerprint density at radius 2 is 1.78 bits per heavy atom. The minimum Gasteiger partial charge on any atom is -0.394 e. The quantitative estimate of drug-likeness (QED) is 0.864. The van der Waals surface area contributed by atoms with Gasteiger partial charge in [0.25, 0.3) is 0 Å². The van der Waals surface area contributed by atoms with Crippen molar-refractivity contribution in [1.29, 1.82) is 0 Å². The molecule has 0 saturated carbocycles. The number of hydrogen-bond acceptors (Lipinski definition) is 4. The van der Waals surface area contributed by atoms with Gasteiger partial charge in [0.05, 0.1) is 11.9 Å². The number of halogens is 3. The van der Waals surface area contributed by atoms with E-state index in [4.69, 9.17) is 5.73 Å². The number of para-hydroxylation sites is 1. The average Bonchev–Trinajstić information content (AvgIpc) is 2.32. The summed E-state index contributed by atoms with van der Waals surface area (Å²) in [6, 6.07) is 8.65. The molecule has 4 nitrogen and oxygen atoms in total. The van der Waals surface area contributed by atoms with Crippen LogP contribution < -0.4 is 11.1 Å². The van der Waals surface area contributed by atoms with E-state index in [1.807, 2.05) is 0 Å². The molecule has 0 aliphatic heterocycles. The molecule has 0 atom stereocenters. The zero-order valence-electron chi connectivity index (χ0n) is 9.07. The van der Waals surface area contributed by atoms with Crippen LogP contribution in [0.1, 0.15) is 5.82 Å². The second kappa shape index (κ2) is 4.52. The number of alkyl halides is 3. The lowest BCUT2D eigenvalue weighted by Gasteiger charge is -2.10. The van der Waals surface area contributed by atoms with Crippen LogP contribution in [0.15, 0.2) is 36.5 Å². The molecule has 0 fully saturated rings. The van der Waals surface area contributed by atoms with Crippen molar-refractivity contribution in [3.8, 4) is 0 Å². The molecule has 2 rings (SSSR count). The maximum atomic E-state index is 12.4. The van der Waals surface area contributed by atoms with E-state index in [0.717, 1.165) is 6.20 Å². The second-order valence-electron chi connectivity index (χ2n) is 3.49. The molecule has 0 amide bonds. The maximum absolute atomic E-state index is 12.4. The molecule has 0 radical (unpaired) electrons. The fourth-order valence-corrected chi connectivity index (χ4v) is 1.29. The molecule has 3 N–H and O–H groups in total. The van der Waals surface area contributed by atoms with Gasteiger partial charge < -0.3 is 11.1 Å². The number of anilines is 3. The summed E-state index contributed by atoms with van der Waals surface area (Å²) in [6.07, 6.45) is -3.66. The molecular weight excluding hydrogens is 245 g/mol. The number of aromatic nitrogens is 2. The molecule has 0 unspecified atom stereocenters. The van der Waals surface area contributed by atoms with Crippen LogP contribution in [-0.4, -0.2) is 9.97 Å². The third-order valence-corrected chi connectivity index (χ3v) is 2.11. The summed E-state index contributed by atoms with van der Waals surface area (Å²) in [4.78, 5) is 6.52. The van der Waals surface area contributed by atoms with E-state index in [9.17, 15) is 13.2 Å². The molecular formula is C11H9F3N4. The van der Waals surface area contributed by atoms with Crippen LogP contribution in [0.3, 0.4) is 0 Å². The smallest absolute Gasteiger partial charge is 0.394 e. The zero-order valence-corrected chi connectivity index (χ0v) is 9.07. The zero-order chi connectivity index (χ0) is 13.2. The molecule has 0 aliphatic carbocycles. The third kappa shape index (κ3) is 2.68. The van der Waals surface area contributed by atoms with Crippen LogP contribution in [0.2, 0.25) is 0 Å². The highest BCUT2D eigenvalue weighted by molar-refractivity contribution is 5.67. The van der Waals surface area contributed by atoms with Gasteiger partial charge in [-0.3, -0.25) is 0 Å². The Morgan fingerprint density at radius 3 is 2.39 bits per heavy atom. The highest BCUT2D eigenvalue weighted by Gasteiger charge is 2.35. The van der Waals surface area contributed by atoms with E-state index < -0.39 is 12.0 Å². The van der Waals surface area contributed by atoms with E-state index in [2.05, 4.69) is 15.3 Å². The van der Waals surface area contributed by atoms with E-state index in [-0.39, 0.29) is 11.5 Å². The third-order valence-electron chi connectivity index (χ3n) is 2.11. The molecule has 2 aromatic rings. The highest BCUT2D eigenvalue weighted by atomic mass is 19.4. The Bertz CT molecular complexity index is 540. The van der Waals surface area contributed by atoms with Gasteiger partial charge in [-0.1, -0.05) is 18.2 Å². The van der Waals surface area contributed by atoms with Gasteiger partial charge in [0.2, 0.25) is 5.82 Å². The topological polar surface area (TPSA) is 63.8 Å². The number of nitrogen functional groups attached to an aromatic ring is 1. The summed E-state index contributed by atoms with van der Waals surface area (Å²) in [6.45, 7) is 0. The number of nitrogens with one attached hydrogen (secondary N) is 1. The van der Waals surface area contributed by atoms with E-state index in [1.54, 1.807) is 30.3 Å². The Hall–Kier alpha value is -2.31. The molecule has 1 heterocycles. The van der Waals surface area contributed by atoms with Crippen LogP contribution >= 0.6 is 0 Å². The molecule has 94 valence electrons. The van der Waals surface area contributed by atoms with Gasteiger partial charge in [0, 0.05) is 5.69 Å². The second-order valence-corrected chi connectivity index (χ2v) is 3.49. The lowest BCUT2D eigenvalue weighted by Crippen LogP contribution is -2.13. The van der Waals surface area contributed by atoms with Gasteiger partial charge in [-0.25, -0.2) is 9.97 Å². The minimum atomic E-state index is -4.60. The molecule has 0 aliphatic rings. The van der Waals surface area contributed by atoms with Crippen LogP contribution in [0.4, 0.5) is 30.4 Å². The summed E-state index contributed by atoms with van der Waals surface area (Å²) in [7, 11) is 0. The van der Waals surface area contributed by atoms with Gasteiger partial charge in [-0.2, -0.15) is 13.2 Å². The molecule has 0 bridgehead atoms. The Morgan fingerprint density at radius 1 is 1.11 bits per heavy atom. The van der Waals surface area contributed by atoms with E-state index >= 15 is 0 Å². The van der Waals surface area contributed by atoms with Crippen molar-refractivity contribution in [1.82, 2.24) is 9.97 Å². The number of nitrogens with zero attached hydrogens (tertiary/aromatic N) is 2. The van der Waals surface area contributed by atoms with Gasteiger partial charge in [-0.15, -0.1) is 0 Å². The lowest BCUT2D eigenvalue weighted by molar-refractivity contribution is -0.144. The molecule has 0 saturated heterocycles.